The van der Waals surface area contributed by atoms with Crippen LogP contribution in [-0.4, -0.2) is 34.5 Å². The number of halogens is 1. The molecule has 0 radical (unpaired) electrons. The Morgan fingerprint density at radius 3 is 2.86 bits per heavy atom. The summed E-state index contributed by atoms with van der Waals surface area (Å²) in [5.74, 6) is -0.146. The van der Waals surface area contributed by atoms with Gasteiger partial charge in [-0.25, -0.2) is 4.98 Å². The van der Waals surface area contributed by atoms with Gasteiger partial charge in [-0.05, 0) is 15.9 Å². The van der Waals surface area contributed by atoms with Crippen LogP contribution in [0, 0.1) is 0 Å². The van der Waals surface area contributed by atoms with Crippen molar-refractivity contribution in [3.63, 3.8) is 0 Å². The van der Waals surface area contributed by atoms with Gasteiger partial charge in [0.2, 0.25) is 5.91 Å². The van der Waals surface area contributed by atoms with Crippen LogP contribution in [-0.2, 0) is 11.3 Å². The first-order chi connectivity index (χ1) is 6.52. The molecule has 14 heavy (non-hydrogen) atoms. The van der Waals surface area contributed by atoms with E-state index in [4.69, 9.17) is 0 Å². The lowest BCUT2D eigenvalue weighted by Crippen LogP contribution is -2.31. The van der Waals surface area contributed by atoms with Crippen molar-refractivity contribution >= 4 is 21.8 Å². The summed E-state index contributed by atoms with van der Waals surface area (Å²) < 4.78 is 1.61. The van der Waals surface area contributed by atoms with Crippen molar-refractivity contribution in [3.05, 3.63) is 27.4 Å². The highest BCUT2D eigenvalue weighted by atomic mass is 79.9. The van der Waals surface area contributed by atoms with Crippen LogP contribution in [0.4, 0.5) is 0 Å². The van der Waals surface area contributed by atoms with Crippen LogP contribution in [0.5, 0.6) is 0 Å². The van der Waals surface area contributed by atoms with Gasteiger partial charge in [-0.3, -0.25) is 14.2 Å². The molecule has 0 saturated carbocycles. The first-order valence-corrected chi connectivity index (χ1v) is 4.71. The smallest absolute Gasteiger partial charge is 0.268 e. The number of hydrogen-bond acceptors (Lipinski definition) is 3. The lowest BCUT2D eigenvalue weighted by molar-refractivity contribution is -0.129. The fraction of sp³-hybridized carbons (Fsp3) is 0.375. The van der Waals surface area contributed by atoms with E-state index in [9.17, 15) is 9.59 Å². The van der Waals surface area contributed by atoms with E-state index in [1.807, 2.05) is 0 Å². The molecule has 76 valence electrons. The summed E-state index contributed by atoms with van der Waals surface area (Å²) in [6.45, 7) is 0.0122. The van der Waals surface area contributed by atoms with Gasteiger partial charge in [0.1, 0.15) is 11.0 Å². The Hall–Kier alpha value is -1.17. The van der Waals surface area contributed by atoms with E-state index in [0.717, 1.165) is 0 Å². The van der Waals surface area contributed by atoms with Crippen molar-refractivity contribution in [3.8, 4) is 0 Å². The fourth-order valence-corrected chi connectivity index (χ4v) is 1.17. The fourth-order valence-electron chi connectivity index (χ4n) is 0.824. The molecule has 5 nitrogen and oxygen atoms in total. The molecule has 1 heterocycles. The van der Waals surface area contributed by atoms with E-state index >= 15 is 0 Å². The van der Waals surface area contributed by atoms with Gasteiger partial charge in [0, 0.05) is 20.3 Å². The second-order valence-electron chi connectivity index (χ2n) is 2.96. The Labute approximate surface area is 89.5 Å². The number of likely N-dealkylation sites (N-methyl/N-ethyl adjacent to an activating group) is 1. The Morgan fingerprint density at radius 1 is 1.64 bits per heavy atom. The van der Waals surface area contributed by atoms with Crippen molar-refractivity contribution in [2.75, 3.05) is 14.1 Å². The number of rotatable bonds is 2. The van der Waals surface area contributed by atoms with Crippen molar-refractivity contribution in [1.29, 1.82) is 0 Å². The van der Waals surface area contributed by atoms with Gasteiger partial charge in [0.15, 0.2) is 0 Å². The van der Waals surface area contributed by atoms with Gasteiger partial charge in [-0.2, -0.15) is 0 Å². The summed E-state index contributed by atoms with van der Waals surface area (Å²) in [7, 11) is 3.28. The quantitative estimate of drug-likeness (QED) is 0.757. The molecule has 0 saturated heterocycles. The predicted molar refractivity (Wildman–Crippen MR) is 54.9 cm³/mol. The van der Waals surface area contributed by atoms with Crippen LogP contribution >= 0.6 is 15.9 Å². The molecule has 0 atom stereocenters. The molecule has 0 N–H and O–H groups in total. The number of aromatic nitrogens is 2. The highest BCUT2D eigenvalue weighted by Gasteiger charge is 2.07. The summed E-state index contributed by atoms with van der Waals surface area (Å²) in [6, 6.07) is 0. The van der Waals surface area contributed by atoms with Crippen LogP contribution < -0.4 is 5.56 Å². The van der Waals surface area contributed by atoms with E-state index in [0.29, 0.717) is 4.47 Å². The molecule has 0 bridgehead atoms. The van der Waals surface area contributed by atoms with Gasteiger partial charge in [-0.15, -0.1) is 0 Å². The first kappa shape index (κ1) is 10.9. The van der Waals surface area contributed by atoms with Crippen LogP contribution in [0.15, 0.2) is 21.8 Å². The molecule has 0 unspecified atom stereocenters. The number of carbonyl (C=O) groups is 1. The van der Waals surface area contributed by atoms with E-state index in [1.165, 1.54) is 22.0 Å². The highest BCUT2D eigenvalue weighted by Crippen LogP contribution is 1.98. The zero-order chi connectivity index (χ0) is 10.7. The minimum absolute atomic E-state index is 0.0122. The Morgan fingerprint density at radius 2 is 2.29 bits per heavy atom. The topological polar surface area (TPSA) is 55.2 Å². The minimum Gasteiger partial charge on any atom is -0.347 e. The maximum absolute atomic E-state index is 11.4. The number of carbonyl (C=O) groups excluding carboxylic acids is 1. The monoisotopic (exact) mass is 259 g/mol. The normalized spacial score (nSPS) is 9.93. The molecular weight excluding hydrogens is 250 g/mol. The number of hydrogen-bond donors (Lipinski definition) is 0. The average molecular weight is 260 g/mol. The second-order valence-corrected chi connectivity index (χ2v) is 3.82. The molecule has 1 rings (SSSR count). The molecule has 0 aliphatic rings. The van der Waals surface area contributed by atoms with Gasteiger partial charge < -0.3 is 4.90 Å². The summed E-state index contributed by atoms with van der Waals surface area (Å²) in [5.41, 5.74) is -0.254. The number of amides is 1. The Balaban J connectivity index is 2.93. The van der Waals surface area contributed by atoms with Crippen molar-refractivity contribution in [2.24, 2.45) is 0 Å². The van der Waals surface area contributed by atoms with Gasteiger partial charge in [-0.1, -0.05) is 0 Å². The zero-order valence-corrected chi connectivity index (χ0v) is 9.48. The summed E-state index contributed by atoms with van der Waals surface area (Å²) in [6.07, 6.45) is 2.74. The zero-order valence-electron chi connectivity index (χ0n) is 7.90. The summed E-state index contributed by atoms with van der Waals surface area (Å²) >= 11 is 3.05. The lowest BCUT2D eigenvalue weighted by Gasteiger charge is -2.10. The molecular formula is C8H10BrN3O2. The maximum Gasteiger partial charge on any atom is 0.268 e. The molecule has 0 aliphatic heterocycles. The highest BCUT2D eigenvalue weighted by molar-refractivity contribution is 9.10. The number of nitrogens with zero attached hydrogens (tertiary/aromatic N) is 3. The van der Waals surface area contributed by atoms with Crippen molar-refractivity contribution in [2.45, 2.75) is 6.54 Å². The largest absolute Gasteiger partial charge is 0.347 e. The van der Waals surface area contributed by atoms with E-state index in [2.05, 4.69) is 20.9 Å². The van der Waals surface area contributed by atoms with Gasteiger partial charge in [0.05, 0.1) is 6.33 Å². The standard InChI is InChI=1S/C8H10BrN3O2/c1-11(2)7(13)4-12-5-10-3-6(9)8(12)14/h3,5H,4H2,1-2H3. The third-order valence-electron chi connectivity index (χ3n) is 1.66. The van der Waals surface area contributed by atoms with E-state index in [-0.39, 0.29) is 18.0 Å². The molecule has 1 amide bonds. The van der Waals surface area contributed by atoms with Gasteiger partial charge in [0.25, 0.3) is 5.56 Å². The molecule has 0 spiro atoms. The van der Waals surface area contributed by atoms with E-state index < -0.39 is 0 Å². The van der Waals surface area contributed by atoms with Crippen LogP contribution in [0.2, 0.25) is 0 Å². The molecule has 0 aromatic carbocycles. The third-order valence-corrected chi connectivity index (χ3v) is 2.21. The minimum atomic E-state index is -0.254. The van der Waals surface area contributed by atoms with Crippen LogP contribution in [0.3, 0.4) is 0 Å². The summed E-state index contributed by atoms with van der Waals surface area (Å²) in [5, 5.41) is 0. The molecule has 1 aromatic heterocycles. The van der Waals surface area contributed by atoms with Crippen LogP contribution in [0.25, 0.3) is 0 Å². The third kappa shape index (κ3) is 2.41. The van der Waals surface area contributed by atoms with Gasteiger partial charge >= 0.3 is 0 Å². The van der Waals surface area contributed by atoms with E-state index in [1.54, 1.807) is 14.1 Å². The molecule has 6 heteroatoms. The van der Waals surface area contributed by atoms with Crippen molar-refractivity contribution < 1.29 is 4.79 Å². The first-order valence-electron chi connectivity index (χ1n) is 3.92. The lowest BCUT2D eigenvalue weighted by atomic mass is 10.5. The molecule has 1 aromatic rings. The van der Waals surface area contributed by atoms with Crippen molar-refractivity contribution in [1.82, 2.24) is 14.5 Å². The maximum atomic E-state index is 11.4. The Kier molecular flexibility index (Phi) is 3.40. The molecule has 0 fully saturated rings. The average Bonchev–Trinajstić information content (AvgIpc) is 2.12. The summed E-state index contributed by atoms with van der Waals surface area (Å²) in [4.78, 5) is 28.0. The van der Waals surface area contributed by atoms with Crippen LogP contribution in [0.1, 0.15) is 0 Å². The Bertz CT molecular complexity index is 400. The predicted octanol–water partition coefficient (Wildman–Crippen LogP) is 0.0940. The SMILES string of the molecule is CN(C)C(=O)Cn1cncc(Br)c1=O. The molecule has 0 aliphatic carbocycles. The second kappa shape index (κ2) is 4.36.